The number of rotatable bonds is 0. The van der Waals surface area contributed by atoms with Crippen LogP contribution in [0.2, 0.25) is 0 Å². The van der Waals surface area contributed by atoms with Crippen LogP contribution in [0.15, 0.2) is 0 Å². The number of nitrogens with zero attached hydrogens (tertiary/aromatic N) is 2. The van der Waals surface area contributed by atoms with Crippen molar-refractivity contribution in [1.82, 2.24) is 9.80 Å². The van der Waals surface area contributed by atoms with Gasteiger partial charge in [-0.15, -0.1) is 0 Å². The van der Waals surface area contributed by atoms with Gasteiger partial charge in [-0.2, -0.15) is 0 Å². The van der Waals surface area contributed by atoms with Crippen LogP contribution < -0.4 is 5.73 Å². The zero-order chi connectivity index (χ0) is 9.56. The molecule has 0 aromatic rings. The number of urea groups is 1. The molecule has 0 aliphatic carbocycles. The summed E-state index contributed by atoms with van der Waals surface area (Å²) in [6.07, 6.45) is 2.83. The van der Waals surface area contributed by atoms with Crippen LogP contribution in [-0.2, 0) is 0 Å². The van der Waals surface area contributed by atoms with Gasteiger partial charge in [-0.3, -0.25) is 0 Å². The Balaban J connectivity index is 0.000000202. The highest BCUT2D eigenvalue weighted by Crippen LogP contribution is 2.01. The molecular weight excluding hydrogens is 154 g/mol. The van der Waals surface area contributed by atoms with Crippen LogP contribution in [0.5, 0.6) is 0 Å². The van der Waals surface area contributed by atoms with Crippen molar-refractivity contribution in [3.05, 3.63) is 0 Å². The van der Waals surface area contributed by atoms with E-state index in [1.54, 1.807) is 14.1 Å². The molecule has 72 valence electrons. The van der Waals surface area contributed by atoms with E-state index in [2.05, 4.69) is 11.9 Å². The highest BCUT2D eigenvalue weighted by molar-refractivity contribution is 5.71. The van der Waals surface area contributed by atoms with Gasteiger partial charge in [0.05, 0.1) is 0 Å². The first-order valence-electron chi connectivity index (χ1n) is 4.19. The minimum atomic E-state index is -0.407. The monoisotopic (exact) mass is 173 g/mol. The minimum absolute atomic E-state index is 0.407. The molecule has 4 heteroatoms. The molecule has 1 saturated heterocycles. The van der Waals surface area contributed by atoms with Crippen molar-refractivity contribution in [3.63, 3.8) is 0 Å². The van der Waals surface area contributed by atoms with Crippen molar-refractivity contribution in [2.75, 3.05) is 34.2 Å². The topological polar surface area (TPSA) is 49.6 Å². The molecule has 0 saturated carbocycles. The maximum Gasteiger partial charge on any atom is 0.314 e. The third-order valence-electron chi connectivity index (χ3n) is 1.77. The van der Waals surface area contributed by atoms with Gasteiger partial charge in [0.25, 0.3) is 0 Å². The summed E-state index contributed by atoms with van der Waals surface area (Å²) in [5.41, 5.74) is 4.72. The maximum atomic E-state index is 9.85. The smallest absolute Gasteiger partial charge is 0.314 e. The van der Waals surface area contributed by atoms with E-state index in [9.17, 15) is 4.79 Å². The number of carbonyl (C=O) groups is 1. The van der Waals surface area contributed by atoms with Gasteiger partial charge in [-0.25, -0.2) is 4.79 Å². The Morgan fingerprint density at radius 2 is 1.67 bits per heavy atom. The van der Waals surface area contributed by atoms with E-state index < -0.39 is 6.03 Å². The van der Waals surface area contributed by atoms with Gasteiger partial charge < -0.3 is 15.5 Å². The first-order valence-corrected chi connectivity index (χ1v) is 4.19. The van der Waals surface area contributed by atoms with Crippen molar-refractivity contribution < 1.29 is 4.79 Å². The van der Waals surface area contributed by atoms with E-state index in [-0.39, 0.29) is 0 Å². The second-order valence-corrected chi connectivity index (χ2v) is 3.24. The Labute approximate surface area is 74.3 Å². The van der Waals surface area contributed by atoms with E-state index in [1.165, 1.54) is 30.8 Å². The summed E-state index contributed by atoms with van der Waals surface area (Å²) in [7, 11) is 5.37. The zero-order valence-corrected chi connectivity index (χ0v) is 8.21. The molecule has 1 heterocycles. The number of primary amides is 1. The lowest BCUT2D eigenvalue weighted by Crippen LogP contribution is -2.27. The number of amides is 2. The van der Waals surface area contributed by atoms with Crippen LogP contribution in [0.25, 0.3) is 0 Å². The summed E-state index contributed by atoms with van der Waals surface area (Å²) >= 11 is 0. The SMILES string of the molecule is CN(C)C(N)=O.CN1CCCC1. The highest BCUT2D eigenvalue weighted by Gasteiger charge is 2.03. The van der Waals surface area contributed by atoms with Gasteiger partial charge in [0.15, 0.2) is 0 Å². The fraction of sp³-hybridized carbons (Fsp3) is 0.875. The predicted octanol–water partition coefficient (Wildman–Crippen LogP) is 0.339. The number of hydrogen-bond donors (Lipinski definition) is 1. The Morgan fingerprint density at radius 3 is 1.75 bits per heavy atom. The molecule has 0 radical (unpaired) electrons. The molecule has 0 aromatic carbocycles. The normalized spacial score (nSPS) is 16.6. The molecule has 0 bridgehead atoms. The lowest BCUT2D eigenvalue weighted by atomic mass is 10.4. The molecule has 1 fully saturated rings. The van der Waals surface area contributed by atoms with E-state index in [4.69, 9.17) is 5.73 Å². The summed E-state index contributed by atoms with van der Waals surface area (Å²) in [6.45, 7) is 2.64. The van der Waals surface area contributed by atoms with E-state index in [0.717, 1.165) is 0 Å². The minimum Gasteiger partial charge on any atom is -0.352 e. The van der Waals surface area contributed by atoms with Crippen LogP contribution in [-0.4, -0.2) is 50.1 Å². The lowest BCUT2D eigenvalue weighted by Gasteiger charge is -2.01. The van der Waals surface area contributed by atoms with Crippen molar-refractivity contribution >= 4 is 6.03 Å². The third-order valence-corrected chi connectivity index (χ3v) is 1.77. The fourth-order valence-corrected chi connectivity index (χ4v) is 0.875. The van der Waals surface area contributed by atoms with Crippen molar-refractivity contribution in [1.29, 1.82) is 0 Å². The van der Waals surface area contributed by atoms with Gasteiger partial charge in [-0.05, 0) is 33.0 Å². The molecule has 2 amide bonds. The highest BCUT2D eigenvalue weighted by atomic mass is 16.2. The Bertz CT molecular complexity index is 130. The van der Waals surface area contributed by atoms with E-state index >= 15 is 0 Å². The second kappa shape index (κ2) is 5.83. The van der Waals surface area contributed by atoms with Gasteiger partial charge in [0.2, 0.25) is 0 Å². The molecule has 0 aromatic heterocycles. The predicted molar refractivity (Wildman–Crippen MR) is 50.0 cm³/mol. The van der Waals surface area contributed by atoms with Gasteiger partial charge in [-0.1, -0.05) is 0 Å². The average molecular weight is 173 g/mol. The molecule has 1 rings (SSSR count). The molecule has 2 N–H and O–H groups in total. The van der Waals surface area contributed by atoms with Crippen molar-refractivity contribution in [2.24, 2.45) is 5.73 Å². The summed E-state index contributed by atoms with van der Waals surface area (Å²) in [5, 5.41) is 0. The fourth-order valence-electron chi connectivity index (χ4n) is 0.875. The first-order chi connectivity index (χ1) is 5.54. The molecule has 0 spiro atoms. The van der Waals surface area contributed by atoms with Crippen LogP contribution in [0.4, 0.5) is 4.79 Å². The Kier molecular flexibility index (Phi) is 5.45. The Hall–Kier alpha value is -0.770. The quantitative estimate of drug-likeness (QED) is 0.574. The molecule has 0 unspecified atom stereocenters. The van der Waals surface area contributed by atoms with Crippen molar-refractivity contribution in [2.45, 2.75) is 12.8 Å². The van der Waals surface area contributed by atoms with E-state index in [1.807, 2.05) is 0 Å². The summed E-state index contributed by atoms with van der Waals surface area (Å²) in [6, 6.07) is -0.407. The lowest BCUT2D eigenvalue weighted by molar-refractivity contribution is 0.227. The maximum absolute atomic E-state index is 9.85. The van der Waals surface area contributed by atoms with Gasteiger partial charge in [0, 0.05) is 14.1 Å². The number of nitrogens with two attached hydrogens (primary N) is 1. The first kappa shape index (κ1) is 11.2. The third kappa shape index (κ3) is 5.97. The molecule has 0 atom stereocenters. The van der Waals surface area contributed by atoms with E-state index in [0.29, 0.717) is 0 Å². The van der Waals surface area contributed by atoms with Crippen LogP contribution in [0.1, 0.15) is 12.8 Å². The molecule has 1 aliphatic heterocycles. The number of carbonyl (C=O) groups excluding carboxylic acids is 1. The molecule has 4 nitrogen and oxygen atoms in total. The second-order valence-electron chi connectivity index (χ2n) is 3.24. The largest absolute Gasteiger partial charge is 0.352 e. The molecule has 1 aliphatic rings. The summed E-state index contributed by atoms with van der Waals surface area (Å²) in [5.74, 6) is 0. The van der Waals surface area contributed by atoms with Crippen molar-refractivity contribution in [3.8, 4) is 0 Å². The van der Waals surface area contributed by atoms with Gasteiger partial charge >= 0.3 is 6.03 Å². The Morgan fingerprint density at radius 1 is 1.33 bits per heavy atom. The van der Waals surface area contributed by atoms with Crippen LogP contribution >= 0.6 is 0 Å². The van der Waals surface area contributed by atoms with Crippen LogP contribution in [0, 0.1) is 0 Å². The molecule has 12 heavy (non-hydrogen) atoms. The number of hydrogen-bond acceptors (Lipinski definition) is 2. The average Bonchev–Trinajstić information content (AvgIpc) is 2.40. The summed E-state index contributed by atoms with van der Waals surface area (Å²) < 4.78 is 0. The van der Waals surface area contributed by atoms with Crippen LogP contribution in [0.3, 0.4) is 0 Å². The molecular formula is C8H19N3O. The zero-order valence-electron chi connectivity index (χ0n) is 8.21. The number of likely N-dealkylation sites (tertiary alicyclic amines) is 1. The van der Waals surface area contributed by atoms with Gasteiger partial charge in [0.1, 0.15) is 0 Å². The summed E-state index contributed by atoms with van der Waals surface area (Å²) in [4.78, 5) is 13.5. The standard InChI is InChI=1S/C5H11N.C3H8N2O/c1-6-4-2-3-5-6;1-5(2)3(4)6/h2-5H2,1H3;1-2H3,(H2,4,6).